The van der Waals surface area contributed by atoms with Crippen molar-refractivity contribution in [2.75, 3.05) is 0 Å². The van der Waals surface area contributed by atoms with E-state index in [1.165, 1.54) is 12.1 Å². The van der Waals surface area contributed by atoms with Crippen LogP contribution in [0, 0.1) is 0 Å². The van der Waals surface area contributed by atoms with Gasteiger partial charge < -0.3 is 20.4 Å². The monoisotopic (exact) mass is 325 g/mol. The predicted octanol–water partition coefficient (Wildman–Crippen LogP) is 2.53. The molecule has 0 heterocycles. The number of aromatic hydroxyl groups is 2. The fourth-order valence-electron chi connectivity index (χ4n) is 1.63. The van der Waals surface area contributed by atoms with Gasteiger partial charge in [-0.25, -0.2) is 9.59 Å². The first kappa shape index (κ1) is 18.6. The number of carboxylic acids is 2. The van der Waals surface area contributed by atoms with Crippen molar-refractivity contribution >= 4 is 52.9 Å². The molecule has 4 N–H and O–H groups in total. The normalized spacial score (nSPS) is 10.3. The van der Waals surface area contributed by atoms with Crippen LogP contribution in [0.3, 0.4) is 0 Å². The summed E-state index contributed by atoms with van der Waals surface area (Å²) in [6.07, 6.45) is 0. The fraction of sp³-hybridized carbons (Fsp3) is 0. The van der Waals surface area contributed by atoms with Gasteiger partial charge in [-0.3, -0.25) is 0 Å². The minimum atomic E-state index is -1.31. The molecule has 23 heavy (non-hydrogen) atoms. The molecule has 0 spiro atoms. The second kappa shape index (κ2) is 7.73. The molecule has 0 saturated heterocycles. The molecule has 0 aliphatic carbocycles. The molecule has 0 fully saturated rings. The number of aromatic carboxylic acids is 2. The van der Waals surface area contributed by atoms with E-state index in [1.54, 1.807) is 0 Å². The minimum absolute atomic E-state index is 0. The SMILES string of the molecule is O=C(O)c1cc(N=Nc2ccc(O)c(C(=O)O)c2)ccc1O.[Na]. The van der Waals surface area contributed by atoms with Crippen molar-refractivity contribution in [3.05, 3.63) is 47.5 Å². The molecule has 1 radical (unpaired) electrons. The quantitative estimate of drug-likeness (QED) is 0.503. The number of carbonyl (C=O) groups is 2. The summed E-state index contributed by atoms with van der Waals surface area (Å²) in [5.74, 6) is -3.42. The van der Waals surface area contributed by atoms with Crippen molar-refractivity contribution in [3.8, 4) is 11.5 Å². The minimum Gasteiger partial charge on any atom is -0.507 e. The van der Waals surface area contributed by atoms with Crippen molar-refractivity contribution < 1.29 is 30.0 Å². The Morgan fingerprint density at radius 1 is 0.739 bits per heavy atom. The molecule has 0 aliphatic heterocycles. The van der Waals surface area contributed by atoms with Gasteiger partial charge >= 0.3 is 11.9 Å². The molecule has 2 aromatic rings. The van der Waals surface area contributed by atoms with Crippen LogP contribution in [0.2, 0.25) is 0 Å². The summed E-state index contributed by atoms with van der Waals surface area (Å²) < 4.78 is 0. The number of hydrogen-bond donors (Lipinski definition) is 4. The van der Waals surface area contributed by atoms with Gasteiger partial charge in [-0.1, -0.05) is 0 Å². The Bertz CT molecular complexity index is 725. The number of phenols is 2. The molecule has 2 aromatic carbocycles. The van der Waals surface area contributed by atoms with E-state index in [9.17, 15) is 19.8 Å². The Morgan fingerprint density at radius 3 is 1.39 bits per heavy atom. The summed E-state index contributed by atoms with van der Waals surface area (Å²) in [6.45, 7) is 0. The molecule has 0 atom stereocenters. The number of rotatable bonds is 4. The van der Waals surface area contributed by atoms with Crippen molar-refractivity contribution in [3.63, 3.8) is 0 Å². The molecule has 2 rings (SSSR count). The summed E-state index contributed by atoms with van der Waals surface area (Å²) in [5.41, 5.74) is -0.318. The van der Waals surface area contributed by atoms with Crippen LogP contribution < -0.4 is 0 Å². The zero-order valence-electron chi connectivity index (χ0n) is 12.0. The number of nitrogens with zero attached hydrogens (tertiary/aromatic N) is 2. The average molecular weight is 325 g/mol. The van der Waals surface area contributed by atoms with E-state index >= 15 is 0 Å². The van der Waals surface area contributed by atoms with Gasteiger partial charge in [0.15, 0.2) is 0 Å². The van der Waals surface area contributed by atoms with Crippen LogP contribution in [0.4, 0.5) is 11.4 Å². The van der Waals surface area contributed by atoms with Gasteiger partial charge in [0, 0.05) is 29.6 Å². The molecular weight excluding hydrogens is 315 g/mol. The Hall–Kier alpha value is -2.42. The third-order valence-electron chi connectivity index (χ3n) is 2.70. The van der Waals surface area contributed by atoms with E-state index in [0.717, 1.165) is 24.3 Å². The van der Waals surface area contributed by atoms with Crippen LogP contribution in [0.1, 0.15) is 20.7 Å². The van der Waals surface area contributed by atoms with Crippen LogP contribution in [0.25, 0.3) is 0 Å². The van der Waals surface area contributed by atoms with Gasteiger partial charge in [0.1, 0.15) is 22.6 Å². The first-order valence-corrected chi connectivity index (χ1v) is 5.93. The zero-order valence-corrected chi connectivity index (χ0v) is 14.0. The smallest absolute Gasteiger partial charge is 0.339 e. The van der Waals surface area contributed by atoms with E-state index in [-0.39, 0.29) is 52.1 Å². The molecule has 0 amide bonds. The number of hydrogen-bond acceptors (Lipinski definition) is 6. The molecule has 0 bridgehead atoms. The molecular formula is C14H10N2NaO6. The second-order valence-corrected chi connectivity index (χ2v) is 4.21. The van der Waals surface area contributed by atoms with Gasteiger partial charge in [-0.15, -0.1) is 0 Å². The third-order valence-corrected chi connectivity index (χ3v) is 2.70. The van der Waals surface area contributed by atoms with Gasteiger partial charge in [-0.05, 0) is 36.4 Å². The standard InChI is InChI=1S/C14H10N2O6.Na/c17-11-3-1-7(5-9(11)13(19)20)15-16-8-2-4-12(18)10(6-8)14(21)22;/h1-6,17-18H,(H,19,20)(H,21,22);. The third kappa shape index (κ3) is 4.52. The first-order chi connectivity index (χ1) is 10.4. The van der Waals surface area contributed by atoms with Crippen molar-refractivity contribution in [2.24, 2.45) is 10.2 Å². The summed E-state index contributed by atoms with van der Waals surface area (Å²) in [7, 11) is 0. The van der Waals surface area contributed by atoms with E-state index in [1.807, 2.05) is 0 Å². The van der Waals surface area contributed by atoms with Gasteiger partial charge in [0.05, 0.1) is 11.4 Å². The van der Waals surface area contributed by atoms with Crippen LogP contribution in [0.15, 0.2) is 46.6 Å². The Balaban J connectivity index is 0.00000264. The maximum absolute atomic E-state index is 10.9. The van der Waals surface area contributed by atoms with E-state index < -0.39 is 23.4 Å². The van der Waals surface area contributed by atoms with Crippen LogP contribution in [-0.4, -0.2) is 61.9 Å². The maximum Gasteiger partial charge on any atom is 0.339 e. The number of benzene rings is 2. The average Bonchev–Trinajstić information content (AvgIpc) is 2.47. The molecule has 0 unspecified atom stereocenters. The molecule has 0 aliphatic rings. The predicted molar refractivity (Wildman–Crippen MR) is 80.1 cm³/mol. The van der Waals surface area contributed by atoms with Gasteiger partial charge in [0.25, 0.3) is 0 Å². The number of carboxylic acid groups (broad SMARTS) is 2. The van der Waals surface area contributed by atoms with Crippen LogP contribution in [-0.2, 0) is 0 Å². The summed E-state index contributed by atoms with van der Waals surface area (Å²) in [6, 6.07) is 7.28. The topological polar surface area (TPSA) is 140 Å². The first-order valence-electron chi connectivity index (χ1n) is 5.93. The zero-order chi connectivity index (χ0) is 16.3. The summed E-state index contributed by atoms with van der Waals surface area (Å²) in [5, 5.41) is 44.0. The van der Waals surface area contributed by atoms with Gasteiger partial charge in [-0.2, -0.15) is 10.2 Å². The van der Waals surface area contributed by atoms with Crippen LogP contribution >= 0.6 is 0 Å². The Kier molecular flexibility index (Phi) is 6.26. The largest absolute Gasteiger partial charge is 0.507 e. The fourth-order valence-corrected chi connectivity index (χ4v) is 1.63. The molecule has 9 heteroatoms. The van der Waals surface area contributed by atoms with E-state index in [2.05, 4.69) is 10.2 Å². The molecule has 0 saturated carbocycles. The van der Waals surface area contributed by atoms with Crippen molar-refractivity contribution in [1.29, 1.82) is 0 Å². The second-order valence-electron chi connectivity index (χ2n) is 4.21. The summed E-state index contributed by atoms with van der Waals surface area (Å²) in [4.78, 5) is 21.8. The molecule has 0 aromatic heterocycles. The Morgan fingerprint density at radius 2 is 1.09 bits per heavy atom. The van der Waals surface area contributed by atoms with Crippen LogP contribution in [0.5, 0.6) is 11.5 Å². The molecule has 8 nitrogen and oxygen atoms in total. The summed E-state index contributed by atoms with van der Waals surface area (Å²) >= 11 is 0. The van der Waals surface area contributed by atoms with Crippen molar-refractivity contribution in [1.82, 2.24) is 0 Å². The van der Waals surface area contributed by atoms with E-state index in [4.69, 9.17) is 10.2 Å². The maximum atomic E-state index is 10.9. The number of azo groups is 1. The van der Waals surface area contributed by atoms with Crippen molar-refractivity contribution in [2.45, 2.75) is 0 Å². The molecule has 113 valence electrons. The Labute approximate surface area is 152 Å². The van der Waals surface area contributed by atoms with Gasteiger partial charge in [0.2, 0.25) is 0 Å². The van der Waals surface area contributed by atoms with E-state index in [0.29, 0.717) is 0 Å².